The average molecular weight is 455 g/mol. The van der Waals surface area contributed by atoms with Crippen molar-refractivity contribution in [2.45, 2.75) is 57.5 Å². The minimum Gasteiger partial charge on any atom is -0.352 e. The molecule has 0 radical (unpaired) electrons. The molecule has 1 heterocycles. The molecular formula is C20H27FN4O5S. The van der Waals surface area contributed by atoms with E-state index >= 15 is 0 Å². The Morgan fingerprint density at radius 1 is 1.32 bits per heavy atom. The van der Waals surface area contributed by atoms with Crippen LogP contribution in [0.1, 0.15) is 52.1 Å². The summed E-state index contributed by atoms with van der Waals surface area (Å²) in [6.07, 6.45) is 2.62. The molecule has 0 aromatic heterocycles. The van der Waals surface area contributed by atoms with Gasteiger partial charge in [-0.3, -0.25) is 9.59 Å². The first-order chi connectivity index (χ1) is 14.5. The zero-order valence-electron chi connectivity index (χ0n) is 17.8. The lowest BCUT2D eigenvalue weighted by Gasteiger charge is -2.31. The van der Waals surface area contributed by atoms with Crippen LogP contribution in [0.15, 0.2) is 34.9 Å². The summed E-state index contributed by atoms with van der Waals surface area (Å²) in [6.45, 7) is 6.90. The number of amides is 4. The molecule has 2 atom stereocenters. The second-order valence-electron chi connectivity index (χ2n) is 7.70. The quantitative estimate of drug-likeness (QED) is 0.423. The first kappa shape index (κ1) is 24.3. The van der Waals surface area contributed by atoms with Crippen LogP contribution in [0, 0.1) is 11.2 Å². The molecule has 1 aromatic carbocycles. The van der Waals surface area contributed by atoms with Gasteiger partial charge in [-0.15, -0.1) is 0 Å². The van der Waals surface area contributed by atoms with Crippen LogP contribution in [-0.4, -0.2) is 32.8 Å². The van der Waals surface area contributed by atoms with Crippen LogP contribution >= 0.6 is 0 Å². The van der Waals surface area contributed by atoms with Crippen molar-refractivity contribution >= 4 is 28.4 Å². The number of urea groups is 1. The van der Waals surface area contributed by atoms with Crippen molar-refractivity contribution in [2.24, 2.45) is 5.41 Å². The van der Waals surface area contributed by atoms with Crippen LogP contribution in [0.4, 0.5) is 9.18 Å². The number of halogens is 1. The zero-order chi connectivity index (χ0) is 23.4. The third-order valence-corrected chi connectivity index (χ3v) is 6.67. The van der Waals surface area contributed by atoms with Crippen molar-refractivity contribution in [3.8, 4) is 0 Å². The average Bonchev–Trinajstić information content (AvgIpc) is 2.95. The van der Waals surface area contributed by atoms with Crippen LogP contribution in [0.25, 0.3) is 0 Å². The van der Waals surface area contributed by atoms with Crippen LogP contribution in [0.5, 0.6) is 0 Å². The number of carbonyl (C=O) groups excluding carboxylic acids is 3. The molecule has 0 saturated carbocycles. The largest absolute Gasteiger partial charge is 0.352 e. The number of rotatable bonds is 9. The maximum Gasteiger partial charge on any atom is 0.328 e. The Morgan fingerprint density at radius 2 is 2.00 bits per heavy atom. The number of carbonyl (C=O) groups is 3. The van der Waals surface area contributed by atoms with E-state index in [4.69, 9.17) is 0 Å². The van der Waals surface area contributed by atoms with E-state index in [-0.39, 0.29) is 23.9 Å². The van der Waals surface area contributed by atoms with Crippen molar-refractivity contribution < 1.29 is 27.2 Å². The van der Waals surface area contributed by atoms with E-state index in [0.29, 0.717) is 12.8 Å². The summed E-state index contributed by atoms with van der Waals surface area (Å²) >= 11 is 0. The highest BCUT2D eigenvalue weighted by atomic mass is 32.2. The van der Waals surface area contributed by atoms with E-state index in [1.54, 1.807) is 31.7 Å². The van der Waals surface area contributed by atoms with E-state index in [1.807, 2.05) is 6.92 Å². The van der Waals surface area contributed by atoms with Gasteiger partial charge in [-0.2, -0.15) is 0 Å². The second-order valence-corrected chi connectivity index (χ2v) is 9.35. The summed E-state index contributed by atoms with van der Waals surface area (Å²) in [5, 5.41) is 7.61. The van der Waals surface area contributed by atoms with Gasteiger partial charge in [-0.1, -0.05) is 13.0 Å². The lowest BCUT2D eigenvalue weighted by molar-refractivity contribution is -0.128. The summed E-state index contributed by atoms with van der Waals surface area (Å²) in [4.78, 5) is 34.8. The van der Waals surface area contributed by atoms with Crippen molar-refractivity contribution in [2.75, 3.05) is 0 Å². The Kier molecular flexibility index (Phi) is 7.42. The normalized spacial score (nSPS) is 19.4. The van der Waals surface area contributed by atoms with Crippen molar-refractivity contribution in [3.05, 3.63) is 41.4 Å². The number of benzene rings is 1. The van der Waals surface area contributed by atoms with Gasteiger partial charge in [0.15, 0.2) is 0 Å². The molecule has 4 N–H and O–H groups in total. The molecule has 2 unspecified atom stereocenters. The Bertz CT molecular complexity index is 1010. The highest BCUT2D eigenvalue weighted by Gasteiger charge is 2.43. The Balaban J connectivity index is 2.42. The zero-order valence-corrected chi connectivity index (χ0v) is 18.6. The van der Waals surface area contributed by atoms with Gasteiger partial charge in [0.2, 0.25) is 12.3 Å². The highest BCUT2D eigenvalue weighted by Crippen LogP contribution is 2.42. The van der Waals surface area contributed by atoms with Crippen LogP contribution in [-0.2, 0) is 19.6 Å². The molecule has 0 spiro atoms. The minimum absolute atomic E-state index is 0.142. The Morgan fingerprint density at radius 3 is 2.52 bits per heavy atom. The van der Waals surface area contributed by atoms with Gasteiger partial charge in [0, 0.05) is 12.2 Å². The van der Waals surface area contributed by atoms with Gasteiger partial charge in [0.25, 0.3) is 10.0 Å². The molecule has 1 aliphatic rings. The van der Waals surface area contributed by atoms with Gasteiger partial charge < -0.3 is 16.0 Å². The fourth-order valence-electron chi connectivity index (χ4n) is 3.58. The van der Waals surface area contributed by atoms with E-state index in [1.165, 1.54) is 6.07 Å². The minimum atomic E-state index is -4.52. The molecule has 0 saturated heterocycles. The van der Waals surface area contributed by atoms with E-state index in [0.717, 1.165) is 17.7 Å². The van der Waals surface area contributed by atoms with Gasteiger partial charge >= 0.3 is 6.03 Å². The monoisotopic (exact) mass is 454 g/mol. The summed E-state index contributed by atoms with van der Waals surface area (Å²) < 4.78 is 41.3. The number of sulfonamides is 1. The molecular weight excluding hydrogens is 427 g/mol. The summed E-state index contributed by atoms with van der Waals surface area (Å²) in [5.74, 6) is -1.29. The van der Waals surface area contributed by atoms with Gasteiger partial charge in [0.1, 0.15) is 10.7 Å². The molecule has 0 fully saturated rings. The fourth-order valence-corrected chi connectivity index (χ4v) is 4.61. The topological polar surface area (TPSA) is 133 Å². The van der Waals surface area contributed by atoms with Crippen molar-refractivity contribution in [1.29, 1.82) is 0 Å². The smallest absolute Gasteiger partial charge is 0.328 e. The van der Waals surface area contributed by atoms with Gasteiger partial charge in [-0.25, -0.2) is 22.3 Å². The maximum absolute atomic E-state index is 14.4. The first-order valence-electron chi connectivity index (χ1n) is 9.77. The third kappa shape index (κ3) is 5.22. The molecule has 0 aliphatic carbocycles. The maximum atomic E-state index is 14.4. The SMILES string of the molecule is CCC1(CC(NC=O)c2ccc(F)c(S(=O)(=O)NC(=O)NC(C)C)c2)C(=O)NC=C1C. The Hall–Kier alpha value is -2.95. The molecule has 9 nitrogen and oxygen atoms in total. The third-order valence-electron chi connectivity index (χ3n) is 5.33. The summed E-state index contributed by atoms with van der Waals surface area (Å²) in [5.41, 5.74) is 0.155. The van der Waals surface area contributed by atoms with Crippen molar-refractivity contribution in [1.82, 2.24) is 20.7 Å². The molecule has 0 bridgehead atoms. The standard InChI is InChI=1S/C20H27FN4O5S/c1-5-20(13(4)10-22-18(20)27)9-16(23-11-26)14-6-7-15(21)17(8-14)31(29,30)25-19(28)24-12(2)3/h6-8,10-12,16H,5,9H2,1-4H3,(H,22,27)(H,23,26)(H2,24,25,28). The molecule has 1 aliphatic heterocycles. The Labute approximate surface area is 180 Å². The van der Waals surface area contributed by atoms with Gasteiger partial charge in [0.05, 0.1) is 11.5 Å². The molecule has 170 valence electrons. The molecule has 1 aromatic rings. The molecule has 31 heavy (non-hydrogen) atoms. The van der Waals surface area contributed by atoms with E-state index in [9.17, 15) is 27.2 Å². The fraction of sp³-hybridized carbons (Fsp3) is 0.450. The predicted octanol–water partition coefficient (Wildman–Crippen LogP) is 1.83. The molecule has 11 heteroatoms. The lowest BCUT2D eigenvalue weighted by Crippen LogP contribution is -2.42. The predicted molar refractivity (Wildman–Crippen MR) is 112 cm³/mol. The number of hydrogen-bond donors (Lipinski definition) is 4. The highest BCUT2D eigenvalue weighted by molar-refractivity contribution is 7.90. The van der Waals surface area contributed by atoms with E-state index < -0.39 is 38.2 Å². The van der Waals surface area contributed by atoms with E-state index in [2.05, 4.69) is 16.0 Å². The van der Waals surface area contributed by atoms with Crippen LogP contribution < -0.4 is 20.7 Å². The number of nitrogens with one attached hydrogen (secondary N) is 4. The molecule has 4 amide bonds. The summed E-state index contributed by atoms with van der Waals surface area (Å²) in [7, 11) is -4.52. The van der Waals surface area contributed by atoms with Crippen LogP contribution in [0.3, 0.4) is 0 Å². The summed E-state index contributed by atoms with van der Waals surface area (Å²) in [6, 6.07) is 1.24. The van der Waals surface area contributed by atoms with Gasteiger partial charge in [-0.05, 0) is 56.9 Å². The lowest BCUT2D eigenvalue weighted by atomic mass is 9.73. The number of hydrogen-bond acceptors (Lipinski definition) is 5. The molecule has 2 rings (SSSR count). The van der Waals surface area contributed by atoms with Crippen molar-refractivity contribution in [3.63, 3.8) is 0 Å². The second kappa shape index (κ2) is 9.46. The van der Waals surface area contributed by atoms with Crippen LogP contribution in [0.2, 0.25) is 0 Å². The first-order valence-corrected chi connectivity index (χ1v) is 11.3.